The highest BCUT2D eigenvalue weighted by molar-refractivity contribution is 5.06. The van der Waals surface area contributed by atoms with Crippen LogP contribution in [0.5, 0.6) is 0 Å². The molecule has 1 N–H and O–H groups in total. The summed E-state index contributed by atoms with van der Waals surface area (Å²) in [6, 6.07) is 3.84. The van der Waals surface area contributed by atoms with Gasteiger partial charge in [-0.2, -0.15) is 0 Å². The fourth-order valence-corrected chi connectivity index (χ4v) is 0.840. The first-order valence-electron chi connectivity index (χ1n) is 4.01. The molecule has 0 saturated heterocycles. The summed E-state index contributed by atoms with van der Waals surface area (Å²) >= 11 is 0. The lowest BCUT2D eigenvalue weighted by atomic mass is 10.3. The second-order valence-electron chi connectivity index (χ2n) is 2.49. The Labute approximate surface area is 72.0 Å². The van der Waals surface area contributed by atoms with Gasteiger partial charge in [0.05, 0.1) is 6.61 Å². The highest BCUT2D eigenvalue weighted by Crippen LogP contribution is 1.97. The highest BCUT2D eigenvalue weighted by atomic mass is 16.5. The lowest BCUT2D eigenvalue weighted by Gasteiger charge is -2.01. The Kier molecular flexibility index (Phi) is 4.34. The molecule has 1 heterocycles. The smallest absolute Gasteiger partial charge is 0.0731 e. The van der Waals surface area contributed by atoms with Crippen molar-refractivity contribution in [3.8, 4) is 0 Å². The Morgan fingerprint density at radius 1 is 1.50 bits per heavy atom. The monoisotopic (exact) mass is 167 g/mol. The molecular formula is C9H13NO2. The minimum Gasteiger partial charge on any atom is -0.396 e. The zero-order chi connectivity index (χ0) is 8.65. The normalized spacial score (nSPS) is 10.1. The van der Waals surface area contributed by atoms with Gasteiger partial charge >= 0.3 is 0 Å². The van der Waals surface area contributed by atoms with E-state index in [0.29, 0.717) is 19.6 Å². The summed E-state index contributed by atoms with van der Waals surface area (Å²) in [7, 11) is 0. The lowest BCUT2D eigenvalue weighted by Crippen LogP contribution is -1.97. The van der Waals surface area contributed by atoms with Crippen LogP contribution in [0.25, 0.3) is 0 Å². The number of pyridine rings is 1. The van der Waals surface area contributed by atoms with Crippen LogP contribution in [0, 0.1) is 0 Å². The summed E-state index contributed by atoms with van der Waals surface area (Å²) < 4.78 is 5.26. The highest BCUT2D eigenvalue weighted by Gasteiger charge is 1.90. The SMILES string of the molecule is OCCCOCc1cccnc1. The van der Waals surface area contributed by atoms with Gasteiger partial charge in [-0.05, 0) is 18.1 Å². The van der Waals surface area contributed by atoms with E-state index in [1.807, 2.05) is 12.1 Å². The van der Waals surface area contributed by atoms with Gasteiger partial charge in [0.15, 0.2) is 0 Å². The fourth-order valence-electron chi connectivity index (χ4n) is 0.840. The first-order chi connectivity index (χ1) is 5.93. The number of hydrogen-bond acceptors (Lipinski definition) is 3. The Morgan fingerprint density at radius 2 is 2.42 bits per heavy atom. The molecule has 0 unspecified atom stereocenters. The van der Waals surface area contributed by atoms with Gasteiger partial charge in [-0.15, -0.1) is 0 Å². The van der Waals surface area contributed by atoms with Crippen molar-refractivity contribution in [2.24, 2.45) is 0 Å². The summed E-state index contributed by atoms with van der Waals surface area (Å²) in [6.45, 7) is 1.37. The number of aromatic nitrogens is 1. The first-order valence-corrected chi connectivity index (χ1v) is 4.01. The molecule has 66 valence electrons. The molecule has 0 aliphatic rings. The average Bonchev–Trinajstić information content (AvgIpc) is 2.14. The van der Waals surface area contributed by atoms with E-state index in [0.717, 1.165) is 5.56 Å². The molecule has 1 rings (SSSR count). The Morgan fingerprint density at radius 3 is 3.08 bits per heavy atom. The number of hydrogen-bond donors (Lipinski definition) is 1. The molecule has 3 heteroatoms. The third-order valence-electron chi connectivity index (χ3n) is 1.44. The van der Waals surface area contributed by atoms with Gasteiger partial charge in [-0.1, -0.05) is 6.07 Å². The zero-order valence-corrected chi connectivity index (χ0v) is 6.94. The summed E-state index contributed by atoms with van der Waals surface area (Å²) in [6.07, 6.45) is 4.20. The van der Waals surface area contributed by atoms with Gasteiger partial charge < -0.3 is 9.84 Å². The summed E-state index contributed by atoms with van der Waals surface area (Å²) in [5.74, 6) is 0. The average molecular weight is 167 g/mol. The Balaban J connectivity index is 2.16. The lowest BCUT2D eigenvalue weighted by molar-refractivity contribution is 0.104. The summed E-state index contributed by atoms with van der Waals surface area (Å²) in [5, 5.41) is 8.47. The maximum atomic E-state index is 8.47. The van der Waals surface area contributed by atoms with Crippen LogP contribution in [-0.2, 0) is 11.3 Å². The minimum absolute atomic E-state index is 0.188. The fraction of sp³-hybridized carbons (Fsp3) is 0.444. The molecule has 0 aliphatic heterocycles. The predicted molar refractivity (Wildman–Crippen MR) is 45.6 cm³/mol. The molecule has 3 nitrogen and oxygen atoms in total. The van der Waals surface area contributed by atoms with Gasteiger partial charge in [0.2, 0.25) is 0 Å². The van der Waals surface area contributed by atoms with Crippen molar-refractivity contribution in [2.45, 2.75) is 13.0 Å². The van der Waals surface area contributed by atoms with E-state index < -0.39 is 0 Å². The minimum atomic E-state index is 0.188. The Bertz CT molecular complexity index is 201. The van der Waals surface area contributed by atoms with Crippen LogP contribution in [-0.4, -0.2) is 23.3 Å². The van der Waals surface area contributed by atoms with Gasteiger partial charge in [0.25, 0.3) is 0 Å². The molecule has 12 heavy (non-hydrogen) atoms. The van der Waals surface area contributed by atoms with E-state index in [1.54, 1.807) is 12.4 Å². The molecule has 0 fully saturated rings. The van der Waals surface area contributed by atoms with E-state index in [1.165, 1.54) is 0 Å². The molecule has 0 spiro atoms. The van der Waals surface area contributed by atoms with Gasteiger partial charge in [0.1, 0.15) is 0 Å². The molecule has 0 bridgehead atoms. The molecule has 0 aromatic carbocycles. The van der Waals surface area contributed by atoms with Crippen molar-refractivity contribution < 1.29 is 9.84 Å². The van der Waals surface area contributed by atoms with Crippen LogP contribution in [0.3, 0.4) is 0 Å². The Hall–Kier alpha value is -0.930. The molecule has 0 atom stereocenters. The molecule has 1 aromatic heterocycles. The third kappa shape index (κ3) is 3.46. The third-order valence-corrected chi connectivity index (χ3v) is 1.44. The van der Waals surface area contributed by atoms with Gasteiger partial charge in [-0.25, -0.2) is 0 Å². The molecule has 1 aromatic rings. The largest absolute Gasteiger partial charge is 0.396 e. The van der Waals surface area contributed by atoms with Gasteiger partial charge in [-0.3, -0.25) is 4.98 Å². The van der Waals surface area contributed by atoms with Crippen molar-refractivity contribution in [2.75, 3.05) is 13.2 Å². The van der Waals surface area contributed by atoms with E-state index in [-0.39, 0.29) is 6.61 Å². The van der Waals surface area contributed by atoms with E-state index in [2.05, 4.69) is 4.98 Å². The standard InChI is InChI=1S/C9H13NO2/c11-5-2-6-12-8-9-3-1-4-10-7-9/h1,3-4,7,11H,2,5-6,8H2. The van der Waals surface area contributed by atoms with E-state index in [4.69, 9.17) is 9.84 Å². The van der Waals surface area contributed by atoms with Crippen molar-refractivity contribution >= 4 is 0 Å². The van der Waals surface area contributed by atoms with E-state index >= 15 is 0 Å². The van der Waals surface area contributed by atoms with Crippen molar-refractivity contribution in [3.05, 3.63) is 30.1 Å². The second-order valence-corrected chi connectivity index (χ2v) is 2.49. The molecule has 0 saturated carbocycles. The summed E-state index contributed by atoms with van der Waals surface area (Å²) in [5.41, 5.74) is 1.07. The maximum absolute atomic E-state index is 8.47. The zero-order valence-electron chi connectivity index (χ0n) is 6.94. The van der Waals surface area contributed by atoms with Crippen LogP contribution < -0.4 is 0 Å². The van der Waals surface area contributed by atoms with E-state index in [9.17, 15) is 0 Å². The topological polar surface area (TPSA) is 42.4 Å². The molecule has 0 amide bonds. The molecule has 0 aliphatic carbocycles. The van der Waals surface area contributed by atoms with Crippen LogP contribution in [0.15, 0.2) is 24.5 Å². The number of rotatable bonds is 5. The number of aliphatic hydroxyl groups is 1. The first kappa shape index (κ1) is 9.16. The summed E-state index contributed by atoms with van der Waals surface area (Å²) in [4.78, 5) is 3.95. The quantitative estimate of drug-likeness (QED) is 0.665. The number of aliphatic hydroxyl groups excluding tert-OH is 1. The van der Waals surface area contributed by atoms with Crippen molar-refractivity contribution in [1.82, 2.24) is 4.98 Å². The number of ether oxygens (including phenoxy) is 1. The maximum Gasteiger partial charge on any atom is 0.0731 e. The predicted octanol–water partition coefficient (Wildman–Crippen LogP) is 0.981. The van der Waals surface area contributed by atoms with Crippen LogP contribution >= 0.6 is 0 Å². The molecular weight excluding hydrogens is 154 g/mol. The number of nitrogens with zero attached hydrogens (tertiary/aromatic N) is 1. The van der Waals surface area contributed by atoms with Crippen molar-refractivity contribution in [3.63, 3.8) is 0 Å². The van der Waals surface area contributed by atoms with Crippen LogP contribution in [0.2, 0.25) is 0 Å². The van der Waals surface area contributed by atoms with Crippen LogP contribution in [0.4, 0.5) is 0 Å². The van der Waals surface area contributed by atoms with Crippen molar-refractivity contribution in [1.29, 1.82) is 0 Å². The second kappa shape index (κ2) is 5.69. The van der Waals surface area contributed by atoms with Crippen LogP contribution in [0.1, 0.15) is 12.0 Å². The van der Waals surface area contributed by atoms with Gasteiger partial charge in [0, 0.05) is 25.6 Å². The molecule has 0 radical (unpaired) electrons.